The number of fused-ring (bicyclic) bond motifs is 4. The van der Waals surface area contributed by atoms with Crippen LogP contribution < -0.4 is 5.19 Å². The molecule has 68 heavy (non-hydrogen) atoms. The van der Waals surface area contributed by atoms with Crippen LogP contribution in [-0.4, -0.2) is 27.6 Å². The van der Waals surface area contributed by atoms with Crippen molar-refractivity contribution < 1.29 is 31.4 Å². The number of nitrogens with zero attached hydrogens (tertiary/aromatic N) is 4. The zero-order valence-corrected chi connectivity index (χ0v) is 41.9. The van der Waals surface area contributed by atoms with Gasteiger partial charge in [-0.2, -0.15) is 0 Å². The van der Waals surface area contributed by atoms with Gasteiger partial charge in [-0.05, 0) is 82.4 Å². The summed E-state index contributed by atoms with van der Waals surface area (Å²) in [4.78, 5) is 14.7. The summed E-state index contributed by atoms with van der Waals surface area (Å²) < 4.78 is 49.6. The Morgan fingerprint density at radius 1 is 0.691 bits per heavy atom. The molecule has 0 aliphatic rings. The smallest absolute Gasteiger partial charge is 0.140 e. The van der Waals surface area contributed by atoms with Crippen molar-refractivity contribution in [2.24, 2.45) is 5.92 Å². The molecule has 0 bridgehead atoms. The van der Waals surface area contributed by atoms with Gasteiger partial charge in [0.2, 0.25) is 0 Å². The van der Waals surface area contributed by atoms with Crippen molar-refractivity contribution in [2.45, 2.75) is 46.7 Å². The summed E-state index contributed by atoms with van der Waals surface area (Å²) in [6.45, 7) is 8.38. The predicted octanol–water partition coefficient (Wildman–Crippen LogP) is 15.4. The second kappa shape index (κ2) is 19.7. The van der Waals surface area contributed by atoms with Crippen LogP contribution in [0.4, 0.5) is 0 Å². The van der Waals surface area contributed by atoms with Crippen molar-refractivity contribution in [3.63, 3.8) is 0 Å². The summed E-state index contributed by atoms with van der Waals surface area (Å²) in [6, 6.07) is 64.3. The third-order valence-corrected chi connectivity index (χ3v) is 13.9. The van der Waals surface area contributed by atoms with E-state index < -0.39 is 21.3 Å². The van der Waals surface area contributed by atoms with E-state index in [1.165, 1.54) is 0 Å². The Labute approximate surface area is 421 Å². The van der Waals surface area contributed by atoms with Crippen molar-refractivity contribution >= 4 is 46.4 Å². The number of aryl methyl sites for hydroxylation is 1. The van der Waals surface area contributed by atoms with Crippen LogP contribution in [0.3, 0.4) is 0 Å². The summed E-state index contributed by atoms with van der Waals surface area (Å²) in [6.07, 6.45) is 2.40. The SMILES string of the molecule is [2H]C([2H])([2H])c1ccc(-c2c[c-]c(-c3nc4ccccc4n3-c3ccc(-c4ccccc4)cc3)c3oc4cc(-c5ccccc5)cnc4c23)cc1.[2H]C([2H])(c1cc(-c2[c-]cccc2)ncc1[Si](C)(C)C)C(C)C.[Ir]. The van der Waals surface area contributed by atoms with E-state index in [1.807, 2.05) is 148 Å². The fraction of sp³-hybridized carbons (Fsp3) is 0.131. The molecule has 7 aromatic carbocycles. The van der Waals surface area contributed by atoms with Crippen LogP contribution >= 0.6 is 0 Å². The normalized spacial score (nSPS) is 12.9. The van der Waals surface area contributed by atoms with Crippen LogP contribution in [0.15, 0.2) is 193 Å². The maximum Gasteiger partial charge on any atom is 0.140 e. The number of rotatable bonds is 9. The van der Waals surface area contributed by atoms with E-state index in [9.17, 15) is 0 Å². The van der Waals surface area contributed by atoms with Gasteiger partial charge in [0.05, 0.1) is 36.0 Å². The largest absolute Gasteiger partial charge is 0.499 e. The van der Waals surface area contributed by atoms with Crippen molar-refractivity contribution in [2.75, 3.05) is 0 Å². The van der Waals surface area contributed by atoms with E-state index in [0.29, 0.717) is 28.1 Å². The van der Waals surface area contributed by atoms with Crippen LogP contribution in [0, 0.1) is 24.9 Å². The Balaban J connectivity index is 0.000000241. The van der Waals surface area contributed by atoms with Crippen molar-refractivity contribution in [1.82, 2.24) is 19.5 Å². The third-order valence-electron chi connectivity index (χ3n) is 11.8. The third kappa shape index (κ3) is 9.43. The van der Waals surface area contributed by atoms with Gasteiger partial charge in [-0.3, -0.25) is 9.97 Å². The van der Waals surface area contributed by atoms with E-state index >= 15 is 0 Å². The summed E-state index contributed by atoms with van der Waals surface area (Å²) >= 11 is 0. The number of pyridine rings is 2. The van der Waals surface area contributed by atoms with Crippen LogP contribution in [-0.2, 0) is 26.5 Å². The zero-order valence-electron chi connectivity index (χ0n) is 43.5. The quantitative estimate of drug-likeness (QED) is 0.107. The van der Waals surface area contributed by atoms with Crippen LogP contribution in [0.25, 0.3) is 94.8 Å². The number of furan rings is 1. The molecule has 0 fully saturated rings. The van der Waals surface area contributed by atoms with Gasteiger partial charge < -0.3 is 14.0 Å². The number of para-hydroxylation sites is 2. The second-order valence-electron chi connectivity index (χ2n) is 18.0. The first-order valence-electron chi connectivity index (χ1n) is 25.1. The maximum atomic E-state index is 8.55. The molecule has 0 saturated carbocycles. The van der Waals surface area contributed by atoms with Crippen molar-refractivity contribution in [3.05, 3.63) is 212 Å². The van der Waals surface area contributed by atoms with Crippen molar-refractivity contribution in [3.8, 4) is 61.7 Å². The minimum absolute atomic E-state index is 0. The number of hydrogen-bond donors (Lipinski definition) is 0. The average molecular weight is 1080 g/mol. The van der Waals surface area contributed by atoms with Crippen molar-refractivity contribution in [1.29, 1.82) is 0 Å². The first-order chi connectivity index (χ1) is 34.6. The molecule has 5 nitrogen and oxygen atoms in total. The molecule has 7 heteroatoms. The van der Waals surface area contributed by atoms with Gasteiger partial charge >= 0.3 is 0 Å². The first kappa shape index (κ1) is 40.1. The molecular weight excluding hydrogens is 1030 g/mol. The molecule has 0 atom stereocenters. The zero-order chi connectivity index (χ0) is 50.4. The molecule has 337 valence electrons. The Morgan fingerprint density at radius 3 is 2.03 bits per heavy atom. The summed E-state index contributed by atoms with van der Waals surface area (Å²) in [7, 11) is -1.67. The predicted molar refractivity (Wildman–Crippen MR) is 281 cm³/mol. The minimum Gasteiger partial charge on any atom is -0.499 e. The Bertz CT molecular complexity index is 3700. The van der Waals surface area contributed by atoms with Crippen LogP contribution in [0.5, 0.6) is 0 Å². The minimum atomic E-state index is -2.19. The molecule has 0 aliphatic heterocycles. The number of benzene rings is 7. The number of aromatic nitrogens is 4. The molecule has 11 rings (SSSR count). The average Bonchev–Trinajstić information content (AvgIpc) is 3.98. The molecule has 0 spiro atoms. The van der Waals surface area contributed by atoms with Crippen LogP contribution in [0.1, 0.15) is 31.8 Å². The number of hydrogen-bond acceptors (Lipinski definition) is 4. The molecule has 0 aliphatic carbocycles. The number of imidazole rings is 1. The first-order valence-corrected chi connectivity index (χ1v) is 26.1. The van der Waals surface area contributed by atoms with Gasteiger partial charge in [0.15, 0.2) is 0 Å². The molecule has 1 radical (unpaired) electrons. The molecule has 0 saturated heterocycles. The fourth-order valence-corrected chi connectivity index (χ4v) is 9.99. The molecule has 4 aromatic heterocycles. The van der Waals surface area contributed by atoms with Gasteiger partial charge in [0, 0.05) is 50.6 Å². The van der Waals surface area contributed by atoms with Gasteiger partial charge in [-0.15, -0.1) is 48.0 Å². The fourth-order valence-electron chi connectivity index (χ4n) is 8.59. The maximum absolute atomic E-state index is 8.55. The molecule has 11 aromatic rings. The van der Waals surface area contributed by atoms with E-state index in [1.54, 1.807) is 12.1 Å². The second-order valence-corrected chi connectivity index (χ2v) is 23.0. The van der Waals surface area contributed by atoms with Gasteiger partial charge in [0.1, 0.15) is 5.58 Å². The summed E-state index contributed by atoms with van der Waals surface area (Å²) in [5, 5.41) is 1.92. The van der Waals surface area contributed by atoms with E-state index in [4.69, 9.17) is 21.2 Å². The standard InChI is InChI=1S/C43H28N3O.C18H24NSi.Ir/c1-28-16-18-32(19-17-28)35-24-25-36(42-40(35)41-39(47-42)26-33(27-44-41)30-12-6-3-7-13-30)43-45-37-14-8-9-15-38(37)46(43)34-22-20-31(21-23-34)29-10-4-2-5-11-29;1-14(2)11-16-12-17(15-9-7-6-8-10-15)19-13-18(16)20(3,4)5;/h2-24,26-27H,1H3;6-9,12-14H,11H2,1-5H3;/q2*-1;/i1D3;11D2;. The Hall–Kier alpha value is -7.02. The van der Waals surface area contributed by atoms with Crippen LogP contribution in [0.2, 0.25) is 19.6 Å². The molecule has 0 amide bonds. The molecule has 0 N–H and O–H groups in total. The van der Waals surface area contributed by atoms with E-state index in [-0.39, 0.29) is 31.6 Å². The van der Waals surface area contributed by atoms with Gasteiger partial charge in [-0.25, -0.2) is 0 Å². The van der Waals surface area contributed by atoms with Gasteiger partial charge in [-0.1, -0.05) is 177 Å². The topological polar surface area (TPSA) is 56.7 Å². The summed E-state index contributed by atoms with van der Waals surface area (Å²) in [5.41, 5.74) is 14.1. The summed E-state index contributed by atoms with van der Waals surface area (Å²) in [5.74, 6) is 0.605. The van der Waals surface area contributed by atoms with E-state index in [0.717, 1.165) is 77.5 Å². The molecule has 4 heterocycles. The van der Waals surface area contributed by atoms with Gasteiger partial charge in [0.25, 0.3) is 0 Å². The Morgan fingerprint density at radius 2 is 1.35 bits per heavy atom. The Kier molecular flexibility index (Phi) is 11.6. The van der Waals surface area contributed by atoms with E-state index in [2.05, 4.69) is 83.8 Å². The molecular formula is C61H52IrN4OSi-2. The molecule has 0 unspecified atom stereocenters. The monoisotopic (exact) mass is 1080 g/mol.